The second kappa shape index (κ2) is 23.7. The van der Waals surface area contributed by atoms with Crippen molar-refractivity contribution in [1.82, 2.24) is 5.32 Å². The zero-order valence-corrected chi connectivity index (χ0v) is 8.06. The number of nitrogens with one attached hydrogen (secondary N) is 1. The lowest BCUT2D eigenvalue weighted by molar-refractivity contribution is -0.109. The van der Waals surface area contributed by atoms with Crippen LogP contribution < -0.4 is 5.32 Å². The van der Waals surface area contributed by atoms with E-state index in [2.05, 4.69) is 5.32 Å². The van der Waals surface area contributed by atoms with Gasteiger partial charge in [-0.2, -0.15) is 0 Å². The summed E-state index contributed by atoms with van der Waals surface area (Å²) in [6, 6.07) is 0.280. The van der Waals surface area contributed by atoms with Gasteiger partial charge in [-0.25, -0.2) is 0 Å². The van der Waals surface area contributed by atoms with Crippen molar-refractivity contribution in [1.29, 1.82) is 0 Å². The molecule has 2 nitrogen and oxygen atoms in total. The minimum Gasteiger partial charge on any atom is -0.357 e. The van der Waals surface area contributed by atoms with Crippen molar-refractivity contribution >= 4 is 6.41 Å². The first-order valence-corrected chi connectivity index (χ1v) is 3.97. The molecule has 0 radical (unpaired) electrons. The maximum Gasteiger partial charge on any atom is 0.207 e. The molecule has 0 aliphatic carbocycles. The van der Waals surface area contributed by atoms with Crippen LogP contribution in [-0.2, 0) is 4.79 Å². The van der Waals surface area contributed by atoms with Gasteiger partial charge in [0.05, 0.1) is 0 Å². The Morgan fingerprint density at radius 1 is 1.10 bits per heavy atom. The summed E-state index contributed by atoms with van der Waals surface area (Å²) in [4.78, 5) is 9.50. The maximum absolute atomic E-state index is 9.50. The van der Waals surface area contributed by atoms with Crippen LogP contribution in [-0.4, -0.2) is 12.5 Å². The van der Waals surface area contributed by atoms with Gasteiger partial charge in [0, 0.05) is 6.04 Å². The third-order valence-electron chi connectivity index (χ3n) is 0.401. The van der Waals surface area contributed by atoms with Crippen molar-refractivity contribution in [2.75, 3.05) is 0 Å². The van der Waals surface area contributed by atoms with Crippen molar-refractivity contribution in [2.45, 2.75) is 47.6 Å². The van der Waals surface area contributed by atoms with Gasteiger partial charge in [0.25, 0.3) is 0 Å². The Balaban J connectivity index is -0.000000105. The lowest BCUT2D eigenvalue weighted by Gasteiger charge is -1.96. The molecule has 0 aromatic rings. The van der Waals surface area contributed by atoms with Crippen LogP contribution in [0, 0.1) is 0 Å². The molecule has 0 heterocycles. The quantitative estimate of drug-likeness (QED) is 0.596. The van der Waals surface area contributed by atoms with E-state index in [1.807, 2.05) is 41.5 Å². The van der Waals surface area contributed by atoms with Gasteiger partial charge < -0.3 is 5.32 Å². The van der Waals surface area contributed by atoms with E-state index >= 15 is 0 Å². The zero-order valence-electron chi connectivity index (χ0n) is 8.06. The first kappa shape index (κ1) is 16.2. The molecule has 0 aromatic heterocycles. The molecule has 0 saturated carbocycles. The molecule has 0 spiro atoms. The molecule has 1 N–H and O–H groups in total. The molecule has 64 valence electrons. The van der Waals surface area contributed by atoms with Crippen LogP contribution in [0.4, 0.5) is 0 Å². The molecule has 0 aromatic carbocycles. The summed E-state index contributed by atoms with van der Waals surface area (Å²) >= 11 is 0. The Hall–Kier alpha value is -0.530. The Bertz CT molecular complexity index is 44.5. The first-order chi connectivity index (χ1) is 4.77. The highest BCUT2D eigenvalue weighted by molar-refractivity contribution is 5.46. The van der Waals surface area contributed by atoms with Crippen LogP contribution in [0.3, 0.4) is 0 Å². The second-order valence-corrected chi connectivity index (χ2v) is 1.44. The van der Waals surface area contributed by atoms with Gasteiger partial charge in [-0.1, -0.05) is 27.7 Å². The molecule has 0 saturated heterocycles. The fourth-order valence-corrected chi connectivity index (χ4v) is 0.136. The summed E-state index contributed by atoms with van der Waals surface area (Å²) in [7, 11) is 0. The number of hydrogen-bond donors (Lipinski definition) is 1. The number of amides is 1. The summed E-state index contributed by atoms with van der Waals surface area (Å²) in [6.07, 6.45) is 0.699. The van der Waals surface area contributed by atoms with E-state index < -0.39 is 0 Å². The van der Waals surface area contributed by atoms with Crippen LogP contribution in [0.2, 0.25) is 0 Å². The van der Waals surface area contributed by atoms with Crippen molar-refractivity contribution in [3.8, 4) is 0 Å². The molecule has 0 unspecified atom stereocenters. The van der Waals surface area contributed by atoms with Gasteiger partial charge >= 0.3 is 0 Å². The second-order valence-electron chi connectivity index (χ2n) is 1.44. The van der Waals surface area contributed by atoms with Crippen molar-refractivity contribution in [3.63, 3.8) is 0 Å². The molecule has 2 heteroatoms. The molecule has 1 amide bonds. The highest BCUT2D eigenvalue weighted by Crippen LogP contribution is 1.67. The van der Waals surface area contributed by atoms with E-state index in [0.717, 1.165) is 0 Å². The van der Waals surface area contributed by atoms with Crippen molar-refractivity contribution in [2.24, 2.45) is 0 Å². The summed E-state index contributed by atoms with van der Waals surface area (Å²) in [6.45, 7) is 11.8. The predicted octanol–water partition coefficient (Wildman–Crippen LogP) is 2.19. The molecule has 0 rings (SSSR count). The number of carbonyl (C=O) groups excluding carboxylic acids is 1. The molecular weight excluding hydrogens is 126 g/mol. The summed E-state index contributed by atoms with van der Waals surface area (Å²) in [5, 5.41) is 2.53. The van der Waals surface area contributed by atoms with E-state index in [-0.39, 0.29) is 6.04 Å². The Morgan fingerprint density at radius 2 is 1.40 bits per heavy atom. The van der Waals surface area contributed by atoms with Crippen molar-refractivity contribution < 1.29 is 4.79 Å². The largest absolute Gasteiger partial charge is 0.357 e. The summed E-state index contributed by atoms with van der Waals surface area (Å²) in [5.41, 5.74) is 0. The molecular formula is C8H21NO. The van der Waals surface area contributed by atoms with Crippen LogP contribution in [0.5, 0.6) is 0 Å². The third-order valence-corrected chi connectivity index (χ3v) is 0.401. The first-order valence-electron chi connectivity index (χ1n) is 3.97. The van der Waals surface area contributed by atoms with E-state index in [9.17, 15) is 4.79 Å². The lowest BCUT2D eigenvalue weighted by Crippen LogP contribution is -2.19. The molecule has 0 bridgehead atoms. The smallest absolute Gasteiger partial charge is 0.207 e. The molecule has 0 fully saturated rings. The number of rotatable bonds is 2. The fraction of sp³-hybridized carbons (Fsp3) is 0.875. The monoisotopic (exact) mass is 147 g/mol. The van der Waals surface area contributed by atoms with Gasteiger partial charge in [-0.3, -0.25) is 4.79 Å². The van der Waals surface area contributed by atoms with E-state index in [0.29, 0.717) is 6.41 Å². The molecule has 0 atom stereocenters. The van der Waals surface area contributed by atoms with Crippen LogP contribution >= 0.6 is 0 Å². The zero-order chi connectivity index (χ0) is 8.99. The van der Waals surface area contributed by atoms with Crippen LogP contribution in [0.15, 0.2) is 0 Å². The highest BCUT2D eigenvalue weighted by Gasteiger charge is 1.81. The van der Waals surface area contributed by atoms with E-state index in [1.54, 1.807) is 0 Å². The molecule has 10 heavy (non-hydrogen) atoms. The van der Waals surface area contributed by atoms with Crippen molar-refractivity contribution in [3.05, 3.63) is 0 Å². The third kappa shape index (κ3) is 51.3. The fourth-order valence-electron chi connectivity index (χ4n) is 0.136. The Kier molecular flexibility index (Phi) is 38.4. The van der Waals surface area contributed by atoms with Gasteiger partial charge in [-0.15, -0.1) is 0 Å². The standard InChI is InChI=1S/C4H9NO.2C2H6/c1-4(2)5-3-6;2*1-2/h3-4H,1-2H3,(H,5,6);2*1-2H3. The Morgan fingerprint density at radius 3 is 1.40 bits per heavy atom. The normalized spacial score (nSPS) is 6.30. The Labute approximate surface area is 65.0 Å². The average molecular weight is 147 g/mol. The average Bonchev–Trinajstić information content (AvgIpc) is 1.96. The SMILES string of the molecule is CC.CC.CC(C)NC=O. The molecule has 0 aliphatic heterocycles. The van der Waals surface area contributed by atoms with Crippen LogP contribution in [0.25, 0.3) is 0 Å². The van der Waals surface area contributed by atoms with Gasteiger partial charge in [-0.05, 0) is 13.8 Å². The van der Waals surface area contributed by atoms with E-state index in [4.69, 9.17) is 0 Å². The minimum atomic E-state index is 0.280. The maximum atomic E-state index is 9.50. The van der Waals surface area contributed by atoms with Gasteiger partial charge in [0.1, 0.15) is 0 Å². The topological polar surface area (TPSA) is 29.1 Å². The van der Waals surface area contributed by atoms with E-state index in [1.165, 1.54) is 0 Å². The minimum absolute atomic E-state index is 0.280. The van der Waals surface area contributed by atoms with Gasteiger partial charge in [0.2, 0.25) is 6.41 Å². The molecule has 0 aliphatic rings. The van der Waals surface area contributed by atoms with Gasteiger partial charge in [0.15, 0.2) is 0 Å². The predicted molar refractivity (Wildman–Crippen MR) is 47.0 cm³/mol. The summed E-state index contributed by atoms with van der Waals surface area (Å²) in [5.74, 6) is 0. The number of carbonyl (C=O) groups is 1. The summed E-state index contributed by atoms with van der Waals surface area (Å²) < 4.78 is 0. The number of hydrogen-bond acceptors (Lipinski definition) is 1. The van der Waals surface area contributed by atoms with Crippen LogP contribution in [0.1, 0.15) is 41.5 Å². The lowest BCUT2D eigenvalue weighted by atomic mass is 10.4. The highest BCUT2D eigenvalue weighted by atomic mass is 16.1.